The van der Waals surface area contributed by atoms with Crippen molar-refractivity contribution in [2.24, 2.45) is 4.99 Å². The standard InChI is InChI=1S/C30H30F3N7O/c1-19-6-7-21(12-25(19)37-28-35-11-8-26(38-28)29(3)9-5-10-34-17-29)27(41)36-23-13-22(30(31,32)33)14-24(15-23)40-16-20(2)39(4)18-40/h5-8,10-17H,9,18H2,1-4H3,(H,36,41)(H,35,37,38). The van der Waals surface area contributed by atoms with E-state index in [1.54, 1.807) is 41.7 Å². The second-order valence-corrected chi connectivity index (χ2v) is 10.5. The topological polar surface area (TPSA) is 85.8 Å². The van der Waals surface area contributed by atoms with Gasteiger partial charge in [-0.1, -0.05) is 12.1 Å². The van der Waals surface area contributed by atoms with E-state index in [-0.39, 0.29) is 16.7 Å². The Hall–Kier alpha value is -4.67. The van der Waals surface area contributed by atoms with Crippen LogP contribution in [0.1, 0.15) is 47.4 Å². The van der Waals surface area contributed by atoms with Gasteiger partial charge < -0.3 is 20.4 Å². The molecular weight excluding hydrogens is 531 g/mol. The summed E-state index contributed by atoms with van der Waals surface area (Å²) in [5.41, 5.74) is 2.57. The van der Waals surface area contributed by atoms with Crippen LogP contribution >= 0.6 is 0 Å². The molecule has 2 aromatic carbocycles. The second kappa shape index (κ2) is 10.7. The van der Waals surface area contributed by atoms with E-state index < -0.39 is 17.6 Å². The van der Waals surface area contributed by atoms with Crippen molar-refractivity contribution in [3.05, 3.63) is 95.2 Å². The van der Waals surface area contributed by atoms with Gasteiger partial charge >= 0.3 is 6.18 Å². The molecule has 0 spiro atoms. The Bertz CT molecular complexity index is 1580. The molecule has 3 aromatic rings. The minimum absolute atomic E-state index is 0.0444. The number of benzene rings is 2. The molecule has 0 radical (unpaired) electrons. The molecule has 5 rings (SSSR count). The number of aliphatic imine (C=N–C) groups is 1. The minimum atomic E-state index is -4.58. The van der Waals surface area contributed by atoms with Crippen molar-refractivity contribution in [2.45, 2.75) is 38.8 Å². The zero-order valence-electron chi connectivity index (χ0n) is 23.1. The van der Waals surface area contributed by atoms with E-state index >= 15 is 0 Å². The minimum Gasteiger partial charge on any atom is -0.359 e. The van der Waals surface area contributed by atoms with Crippen LogP contribution in [0.5, 0.6) is 0 Å². The summed E-state index contributed by atoms with van der Waals surface area (Å²) in [6.07, 6.45) is 5.20. The number of hydrogen-bond acceptors (Lipinski definition) is 7. The molecule has 8 nitrogen and oxygen atoms in total. The molecule has 0 bridgehead atoms. The number of carbonyl (C=O) groups excluding carboxylic acids is 1. The van der Waals surface area contributed by atoms with E-state index in [0.717, 1.165) is 35.5 Å². The molecular formula is C30H30F3N7O. The summed E-state index contributed by atoms with van der Waals surface area (Å²) in [6.45, 7) is 6.19. The number of hydrogen-bond donors (Lipinski definition) is 2. The highest BCUT2D eigenvalue weighted by molar-refractivity contribution is 6.05. The zero-order chi connectivity index (χ0) is 29.4. The highest BCUT2D eigenvalue weighted by atomic mass is 19.4. The lowest BCUT2D eigenvalue weighted by Gasteiger charge is -2.25. The van der Waals surface area contributed by atoms with Gasteiger partial charge in [0, 0.05) is 65.6 Å². The molecule has 2 aliphatic heterocycles. The summed E-state index contributed by atoms with van der Waals surface area (Å²) >= 11 is 0. The van der Waals surface area contributed by atoms with Crippen molar-refractivity contribution in [1.82, 2.24) is 14.9 Å². The lowest BCUT2D eigenvalue weighted by atomic mass is 9.83. The van der Waals surface area contributed by atoms with Gasteiger partial charge in [-0.05, 0) is 69.2 Å². The highest BCUT2D eigenvalue weighted by Crippen LogP contribution is 2.36. The maximum atomic E-state index is 13.7. The van der Waals surface area contributed by atoms with Crippen LogP contribution in [-0.2, 0) is 11.6 Å². The number of alkyl halides is 3. The second-order valence-electron chi connectivity index (χ2n) is 10.5. The average molecular weight is 562 g/mol. The van der Waals surface area contributed by atoms with Gasteiger partial charge in [-0.25, -0.2) is 9.97 Å². The van der Waals surface area contributed by atoms with Crippen LogP contribution in [0.25, 0.3) is 0 Å². The molecule has 2 N–H and O–H groups in total. The summed E-state index contributed by atoms with van der Waals surface area (Å²) in [5, 5.41) is 5.82. The summed E-state index contributed by atoms with van der Waals surface area (Å²) in [4.78, 5) is 30.1. The zero-order valence-corrected chi connectivity index (χ0v) is 23.1. The lowest BCUT2D eigenvalue weighted by molar-refractivity contribution is -0.137. The van der Waals surface area contributed by atoms with Crippen LogP contribution in [0.4, 0.5) is 36.2 Å². The Morgan fingerprint density at radius 1 is 1.10 bits per heavy atom. The van der Waals surface area contributed by atoms with Gasteiger partial charge in [0.25, 0.3) is 5.91 Å². The number of allylic oxidation sites excluding steroid dienone is 2. The van der Waals surface area contributed by atoms with Crippen LogP contribution in [-0.4, -0.2) is 40.7 Å². The van der Waals surface area contributed by atoms with E-state index in [1.165, 1.54) is 6.07 Å². The number of aromatic nitrogens is 2. The van der Waals surface area contributed by atoms with Crippen LogP contribution < -0.4 is 15.5 Å². The molecule has 1 amide bonds. The number of aryl methyl sites for hydroxylation is 1. The predicted molar refractivity (Wildman–Crippen MR) is 154 cm³/mol. The summed E-state index contributed by atoms with van der Waals surface area (Å²) < 4.78 is 41.2. The molecule has 2 aliphatic rings. The fourth-order valence-corrected chi connectivity index (χ4v) is 4.62. The number of rotatable bonds is 6. The van der Waals surface area contributed by atoms with Crippen LogP contribution in [0.15, 0.2) is 77.8 Å². The molecule has 1 unspecified atom stereocenters. The van der Waals surface area contributed by atoms with E-state index in [9.17, 15) is 18.0 Å². The van der Waals surface area contributed by atoms with E-state index in [1.807, 2.05) is 51.1 Å². The largest absolute Gasteiger partial charge is 0.416 e. The number of nitrogens with one attached hydrogen (secondary N) is 2. The maximum Gasteiger partial charge on any atom is 0.416 e. The third-order valence-electron chi connectivity index (χ3n) is 7.22. The summed E-state index contributed by atoms with van der Waals surface area (Å²) in [7, 11) is 1.86. The number of nitrogens with zero attached hydrogens (tertiary/aromatic N) is 5. The molecule has 41 heavy (non-hydrogen) atoms. The number of amides is 1. The fourth-order valence-electron chi connectivity index (χ4n) is 4.62. The number of carbonyl (C=O) groups is 1. The van der Waals surface area contributed by atoms with Crippen molar-refractivity contribution in [3.8, 4) is 0 Å². The highest BCUT2D eigenvalue weighted by Gasteiger charge is 2.32. The van der Waals surface area contributed by atoms with Gasteiger partial charge in [-0.2, -0.15) is 13.2 Å². The number of halogens is 3. The Balaban J connectivity index is 1.39. The third-order valence-corrected chi connectivity index (χ3v) is 7.22. The van der Waals surface area contributed by atoms with Crippen molar-refractivity contribution in [1.29, 1.82) is 0 Å². The van der Waals surface area contributed by atoms with Crippen molar-refractivity contribution < 1.29 is 18.0 Å². The lowest BCUT2D eigenvalue weighted by Crippen LogP contribution is -2.26. The molecule has 0 saturated heterocycles. The molecule has 11 heteroatoms. The van der Waals surface area contributed by atoms with Crippen LogP contribution in [0.3, 0.4) is 0 Å². The van der Waals surface area contributed by atoms with Crippen molar-refractivity contribution >= 4 is 35.1 Å². The predicted octanol–water partition coefficient (Wildman–Crippen LogP) is 6.62. The summed E-state index contributed by atoms with van der Waals surface area (Å²) in [6, 6.07) is 10.4. The van der Waals surface area contributed by atoms with Crippen molar-refractivity contribution in [3.63, 3.8) is 0 Å². The quantitative estimate of drug-likeness (QED) is 0.352. The first-order valence-electron chi connectivity index (χ1n) is 13.0. The van der Waals surface area contributed by atoms with E-state index in [0.29, 0.717) is 24.0 Å². The normalized spacial score (nSPS) is 18.5. The first-order chi connectivity index (χ1) is 19.4. The fraction of sp³-hybridized carbons (Fsp3) is 0.267. The summed E-state index contributed by atoms with van der Waals surface area (Å²) in [5.74, 6) is -0.190. The maximum absolute atomic E-state index is 13.7. The van der Waals surface area contributed by atoms with Gasteiger partial charge in [-0.3, -0.25) is 9.79 Å². The number of anilines is 4. The monoisotopic (exact) mass is 561 g/mol. The molecule has 0 saturated carbocycles. The molecule has 1 atom stereocenters. The van der Waals surface area contributed by atoms with Crippen molar-refractivity contribution in [2.75, 3.05) is 29.2 Å². The molecule has 0 fully saturated rings. The van der Waals surface area contributed by atoms with E-state index in [4.69, 9.17) is 0 Å². The first kappa shape index (κ1) is 27.9. The average Bonchev–Trinajstić information content (AvgIpc) is 3.27. The Labute approximate surface area is 236 Å². The molecule has 3 heterocycles. The SMILES string of the molecule is CC1=CN(c2cc(NC(=O)c3ccc(C)c(Nc4nccc(C5(C)C=NC=CC5)n4)c3)cc(C(F)(F)F)c2)CN1C. The van der Waals surface area contributed by atoms with Gasteiger partial charge in [-0.15, -0.1) is 0 Å². The van der Waals surface area contributed by atoms with Gasteiger partial charge in [0.2, 0.25) is 5.95 Å². The smallest absolute Gasteiger partial charge is 0.359 e. The van der Waals surface area contributed by atoms with E-state index in [2.05, 4.69) is 25.6 Å². The Morgan fingerprint density at radius 2 is 1.90 bits per heavy atom. The molecule has 212 valence electrons. The van der Waals surface area contributed by atoms with Crippen LogP contribution in [0, 0.1) is 6.92 Å². The Morgan fingerprint density at radius 3 is 2.59 bits per heavy atom. The third kappa shape index (κ3) is 6.08. The first-order valence-corrected chi connectivity index (χ1v) is 13.0. The van der Waals surface area contributed by atoms with Gasteiger partial charge in [0.1, 0.15) is 0 Å². The van der Waals surface area contributed by atoms with Crippen LogP contribution in [0.2, 0.25) is 0 Å². The molecule has 1 aromatic heterocycles. The van der Waals surface area contributed by atoms with Gasteiger partial charge in [0.05, 0.1) is 17.9 Å². The Kier molecular flexibility index (Phi) is 7.29. The molecule has 0 aliphatic carbocycles. The van der Waals surface area contributed by atoms with Gasteiger partial charge in [0.15, 0.2) is 0 Å².